The van der Waals surface area contributed by atoms with Crippen molar-refractivity contribution in [1.82, 2.24) is 0 Å². The number of rotatable bonds is 5. The van der Waals surface area contributed by atoms with Gasteiger partial charge in [0.25, 0.3) is 0 Å². The van der Waals surface area contributed by atoms with E-state index < -0.39 is 0 Å². The summed E-state index contributed by atoms with van der Waals surface area (Å²) in [5.74, 6) is 0. The van der Waals surface area contributed by atoms with E-state index in [0.29, 0.717) is 0 Å². The van der Waals surface area contributed by atoms with Crippen LogP contribution in [0, 0.1) is 0 Å². The van der Waals surface area contributed by atoms with Crippen LogP contribution in [0.3, 0.4) is 0 Å². The Bertz CT molecular complexity index is 1170. The summed E-state index contributed by atoms with van der Waals surface area (Å²) in [7, 11) is 10.4. The van der Waals surface area contributed by atoms with Crippen LogP contribution in [0.2, 0.25) is 0 Å². The predicted molar refractivity (Wildman–Crippen MR) is 143 cm³/mol. The summed E-state index contributed by atoms with van der Waals surface area (Å²) in [6.07, 6.45) is 2.35. The fourth-order valence-corrected chi connectivity index (χ4v) is 4.66. The fourth-order valence-electron chi connectivity index (χ4n) is 4.66. The lowest BCUT2D eigenvalue weighted by Crippen LogP contribution is -2.27. The number of allylic oxidation sites excluding steroid dienone is 1. The van der Waals surface area contributed by atoms with E-state index in [1.54, 1.807) is 0 Å². The van der Waals surface area contributed by atoms with Crippen LogP contribution in [0.4, 0.5) is 22.7 Å². The van der Waals surface area contributed by atoms with Gasteiger partial charge in [0.2, 0.25) is 5.69 Å². The highest BCUT2D eigenvalue weighted by Gasteiger charge is 2.43. The van der Waals surface area contributed by atoms with Gasteiger partial charge in [-0.15, -0.1) is 0 Å². The second-order valence-corrected chi connectivity index (χ2v) is 9.79. The van der Waals surface area contributed by atoms with Gasteiger partial charge >= 0.3 is 0 Å². The quantitative estimate of drug-likeness (QED) is 0.419. The molecule has 0 aliphatic carbocycles. The molecule has 0 amide bonds. The molecule has 0 bridgehead atoms. The maximum atomic E-state index is 6.15. The molecule has 0 spiro atoms. The highest BCUT2D eigenvalue weighted by atomic mass is 15.1. The van der Waals surface area contributed by atoms with Crippen LogP contribution in [0.5, 0.6) is 0 Å². The maximum absolute atomic E-state index is 6.15. The predicted octanol–water partition coefficient (Wildman–Crippen LogP) is 5.54. The van der Waals surface area contributed by atoms with Crippen molar-refractivity contribution in [2.45, 2.75) is 19.3 Å². The van der Waals surface area contributed by atoms with Gasteiger partial charge < -0.3 is 15.5 Å². The number of anilines is 3. The number of nitrogens with two attached hydrogens (primary N) is 1. The number of fused-ring (bicyclic) bond motifs is 1. The van der Waals surface area contributed by atoms with Crippen molar-refractivity contribution in [2.24, 2.45) is 0 Å². The minimum absolute atomic E-state index is 0.155. The van der Waals surface area contributed by atoms with Crippen LogP contribution in [-0.4, -0.2) is 45.5 Å². The molecule has 0 saturated carbocycles. The average molecular weight is 440 g/mol. The number of hydrogen-bond acceptors (Lipinski definition) is 3. The molecule has 0 radical (unpaired) electrons. The molecule has 1 heterocycles. The van der Waals surface area contributed by atoms with E-state index in [9.17, 15) is 0 Å². The molecular formula is C29H35N4+. The molecule has 3 aromatic rings. The monoisotopic (exact) mass is 439 g/mol. The number of nitrogens with zero attached hydrogens (tertiary/aromatic N) is 3. The smallest absolute Gasteiger partial charge is 0.209 e. The van der Waals surface area contributed by atoms with Gasteiger partial charge in [0, 0.05) is 63.0 Å². The Morgan fingerprint density at radius 2 is 1.27 bits per heavy atom. The lowest BCUT2D eigenvalue weighted by molar-refractivity contribution is -0.401. The lowest BCUT2D eigenvalue weighted by atomic mass is 9.80. The van der Waals surface area contributed by atoms with Gasteiger partial charge in [-0.25, -0.2) is 0 Å². The first-order valence-electron chi connectivity index (χ1n) is 11.4. The minimum atomic E-state index is -0.155. The van der Waals surface area contributed by atoms with E-state index in [1.807, 2.05) is 6.07 Å². The molecular weight excluding hydrogens is 404 g/mol. The molecule has 1 aliphatic rings. The zero-order valence-electron chi connectivity index (χ0n) is 20.8. The third-order valence-corrected chi connectivity index (χ3v) is 6.73. The average Bonchev–Trinajstić information content (AvgIpc) is 2.97. The van der Waals surface area contributed by atoms with Crippen molar-refractivity contribution >= 4 is 34.0 Å². The Balaban J connectivity index is 1.88. The topological polar surface area (TPSA) is 35.5 Å². The third kappa shape index (κ3) is 4.13. The summed E-state index contributed by atoms with van der Waals surface area (Å²) in [6.45, 7) is 4.56. The Morgan fingerprint density at radius 1 is 0.788 bits per heavy atom. The molecule has 4 nitrogen and oxygen atoms in total. The fraction of sp³-hybridized carbons (Fsp3) is 0.276. The maximum Gasteiger partial charge on any atom is 0.209 e. The highest BCUT2D eigenvalue weighted by Crippen LogP contribution is 2.41. The minimum Gasteiger partial charge on any atom is -0.399 e. The number of hydrogen-bond donors (Lipinski definition) is 1. The normalized spacial score (nSPS) is 14.2. The SMILES string of the molecule is CN(C)c1ccc(C(=CC2=[N+](C)c3ccc(N)cc3C2(C)C)c2ccc(N(C)C)cc2)cc1. The molecule has 1 aliphatic heterocycles. The Hall–Kier alpha value is -3.53. The van der Waals surface area contributed by atoms with Crippen molar-refractivity contribution in [2.75, 3.05) is 50.8 Å². The van der Waals surface area contributed by atoms with Crippen LogP contribution in [0.15, 0.2) is 72.8 Å². The first-order chi connectivity index (χ1) is 15.6. The summed E-state index contributed by atoms with van der Waals surface area (Å²) in [6, 6.07) is 23.8. The summed E-state index contributed by atoms with van der Waals surface area (Å²) in [5, 5.41) is 0. The van der Waals surface area contributed by atoms with Crippen molar-refractivity contribution in [3.05, 3.63) is 89.5 Å². The van der Waals surface area contributed by atoms with E-state index in [0.717, 1.165) is 5.69 Å². The van der Waals surface area contributed by atoms with Gasteiger partial charge in [-0.2, -0.15) is 4.58 Å². The Labute approximate surface area is 198 Å². The molecule has 4 rings (SSSR count). The van der Waals surface area contributed by atoms with E-state index in [-0.39, 0.29) is 5.41 Å². The third-order valence-electron chi connectivity index (χ3n) is 6.73. The molecule has 2 N–H and O–H groups in total. The van der Waals surface area contributed by atoms with Gasteiger partial charge in [-0.1, -0.05) is 24.3 Å². The molecule has 33 heavy (non-hydrogen) atoms. The van der Waals surface area contributed by atoms with E-state index in [1.165, 1.54) is 45.0 Å². The molecule has 0 aromatic heterocycles. The Morgan fingerprint density at radius 3 is 1.73 bits per heavy atom. The van der Waals surface area contributed by atoms with Gasteiger partial charge in [0.05, 0.1) is 5.41 Å². The van der Waals surface area contributed by atoms with E-state index in [4.69, 9.17) is 5.73 Å². The molecule has 3 aromatic carbocycles. The zero-order chi connectivity index (χ0) is 23.9. The summed E-state index contributed by atoms with van der Waals surface area (Å²) < 4.78 is 2.30. The molecule has 0 saturated heterocycles. The summed E-state index contributed by atoms with van der Waals surface area (Å²) >= 11 is 0. The van der Waals surface area contributed by atoms with Crippen molar-refractivity contribution < 1.29 is 4.58 Å². The Kier molecular flexibility index (Phi) is 5.79. The zero-order valence-corrected chi connectivity index (χ0v) is 20.8. The lowest BCUT2D eigenvalue weighted by Gasteiger charge is -2.19. The van der Waals surface area contributed by atoms with Gasteiger partial charge in [-0.3, -0.25) is 0 Å². The first kappa shape index (κ1) is 22.7. The van der Waals surface area contributed by atoms with Crippen LogP contribution in [0.25, 0.3) is 5.57 Å². The van der Waals surface area contributed by atoms with Gasteiger partial charge in [0.15, 0.2) is 5.71 Å². The van der Waals surface area contributed by atoms with Crippen molar-refractivity contribution in [1.29, 1.82) is 0 Å². The van der Waals surface area contributed by atoms with Gasteiger partial charge in [0.1, 0.15) is 7.05 Å². The van der Waals surface area contributed by atoms with E-state index in [2.05, 4.69) is 130 Å². The van der Waals surface area contributed by atoms with Crippen LogP contribution in [0.1, 0.15) is 30.5 Å². The van der Waals surface area contributed by atoms with Crippen molar-refractivity contribution in [3.63, 3.8) is 0 Å². The van der Waals surface area contributed by atoms with Crippen LogP contribution in [-0.2, 0) is 5.41 Å². The highest BCUT2D eigenvalue weighted by molar-refractivity contribution is 6.09. The molecule has 4 heteroatoms. The first-order valence-corrected chi connectivity index (χ1v) is 11.4. The van der Waals surface area contributed by atoms with Gasteiger partial charge in [-0.05, 0) is 66.9 Å². The standard InChI is InChI=1S/C29H35N4/c1-29(2)26-18-22(30)12-17-27(26)33(7)28(29)19-25(20-8-13-23(14-9-20)31(3)4)21-10-15-24(16-11-21)32(5)6/h8-19H,30H2,1-7H3/q+1. The second kappa shape index (κ2) is 8.43. The molecule has 0 atom stereocenters. The second-order valence-electron chi connectivity index (χ2n) is 9.79. The van der Waals surface area contributed by atoms with Crippen LogP contribution < -0.4 is 15.5 Å². The molecule has 0 fully saturated rings. The summed E-state index contributed by atoms with van der Waals surface area (Å²) in [4.78, 5) is 4.26. The van der Waals surface area contributed by atoms with Crippen LogP contribution >= 0.6 is 0 Å². The van der Waals surface area contributed by atoms with E-state index >= 15 is 0 Å². The number of benzene rings is 3. The largest absolute Gasteiger partial charge is 0.399 e. The number of nitrogen functional groups attached to an aromatic ring is 1. The van der Waals surface area contributed by atoms with Crippen molar-refractivity contribution in [3.8, 4) is 0 Å². The molecule has 170 valence electrons. The molecule has 0 unspecified atom stereocenters. The summed E-state index contributed by atoms with van der Waals surface area (Å²) in [5.41, 5.74) is 16.5.